The molecule has 0 fully saturated rings. The van der Waals surface area contributed by atoms with Gasteiger partial charge in [-0.3, -0.25) is 4.98 Å². The highest BCUT2D eigenvalue weighted by atomic mass is 16.5. The molecule has 0 aliphatic carbocycles. The lowest BCUT2D eigenvalue weighted by atomic mass is 9.89. The maximum atomic E-state index is 12.6. The van der Waals surface area contributed by atoms with Gasteiger partial charge in [-0.2, -0.15) is 0 Å². The molecule has 0 atom stereocenters. The maximum Gasteiger partial charge on any atom is 0.340 e. The van der Waals surface area contributed by atoms with Gasteiger partial charge in [-0.25, -0.2) is 4.79 Å². The van der Waals surface area contributed by atoms with E-state index in [-0.39, 0.29) is 6.61 Å². The molecule has 0 radical (unpaired) electrons. The van der Waals surface area contributed by atoms with Crippen molar-refractivity contribution in [2.24, 2.45) is 11.7 Å². The number of carbonyl (C=O) groups excluding carboxylic acids is 1. The molecular formula is C21H28N2O3. The lowest BCUT2D eigenvalue weighted by Crippen LogP contribution is -2.18. The van der Waals surface area contributed by atoms with Crippen molar-refractivity contribution < 1.29 is 14.3 Å². The zero-order valence-electron chi connectivity index (χ0n) is 16.3. The number of esters is 1. The van der Waals surface area contributed by atoms with E-state index in [1.54, 1.807) is 7.11 Å². The fourth-order valence-electron chi connectivity index (χ4n) is 3.10. The summed E-state index contributed by atoms with van der Waals surface area (Å²) in [6.45, 7) is 6.84. The smallest absolute Gasteiger partial charge is 0.340 e. The van der Waals surface area contributed by atoms with Gasteiger partial charge >= 0.3 is 5.97 Å². The summed E-state index contributed by atoms with van der Waals surface area (Å²) in [6.07, 6.45) is 0.781. The zero-order valence-corrected chi connectivity index (χ0v) is 16.3. The van der Waals surface area contributed by atoms with E-state index >= 15 is 0 Å². The van der Waals surface area contributed by atoms with Gasteiger partial charge in [0.25, 0.3) is 0 Å². The first-order valence-electron chi connectivity index (χ1n) is 8.81. The summed E-state index contributed by atoms with van der Waals surface area (Å²) in [4.78, 5) is 17.4. The number of nitrogens with two attached hydrogens (primary N) is 1. The Balaban J connectivity index is 2.86. The van der Waals surface area contributed by atoms with Gasteiger partial charge in [-0.1, -0.05) is 43.7 Å². The molecule has 140 valence electrons. The molecule has 1 aromatic carbocycles. The van der Waals surface area contributed by atoms with E-state index in [0.29, 0.717) is 23.7 Å². The van der Waals surface area contributed by atoms with Crippen molar-refractivity contribution in [2.45, 2.75) is 40.3 Å². The summed E-state index contributed by atoms with van der Waals surface area (Å²) >= 11 is 0. The average Bonchev–Trinajstić information content (AvgIpc) is 2.61. The highest BCUT2D eigenvalue weighted by molar-refractivity contribution is 5.99. The summed E-state index contributed by atoms with van der Waals surface area (Å²) in [7, 11) is 2.97. The van der Waals surface area contributed by atoms with Gasteiger partial charge < -0.3 is 15.2 Å². The summed E-state index contributed by atoms with van der Waals surface area (Å²) in [6, 6.07) is 8.06. The minimum Gasteiger partial charge on any atom is -0.465 e. The van der Waals surface area contributed by atoms with Crippen LogP contribution in [0.25, 0.3) is 11.1 Å². The Morgan fingerprint density at radius 3 is 2.31 bits per heavy atom. The monoisotopic (exact) mass is 356 g/mol. The summed E-state index contributed by atoms with van der Waals surface area (Å²) in [5.41, 5.74) is 11.8. The maximum absolute atomic E-state index is 12.6. The Hall–Kier alpha value is -2.24. The first-order valence-corrected chi connectivity index (χ1v) is 8.81. The Labute approximate surface area is 155 Å². The Morgan fingerprint density at radius 2 is 1.81 bits per heavy atom. The van der Waals surface area contributed by atoms with Gasteiger partial charge in [0.15, 0.2) is 0 Å². The Bertz CT molecular complexity index is 768. The van der Waals surface area contributed by atoms with E-state index in [0.717, 1.165) is 34.4 Å². The molecule has 2 aromatic rings. The van der Waals surface area contributed by atoms with Crippen LogP contribution in [-0.4, -0.2) is 25.2 Å². The summed E-state index contributed by atoms with van der Waals surface area (Å²) in [5.74, 6) is -0.0102. The van der Waals surface area contributed by atoms with Crippen LogP contribution in [0.3, 0.4) is 0 Å². The van der Waals surface area contributed by atoms with Gasteiger partial charge in [0.05, 0.1) is 25.0 Å². The number of benzene rings is 1. The number of hydrogen-bond donors (Lipinski definition) is 1. The summed E-state index contributed by atoms with van der Waals surface area (Å²) in [5, 5.41) is 0. The van der Waals surface area contributed by atoms with Crippen molar-refractivity contribution in [1.29, 1.82) is 0 Å². The van der Waals surface area contributed by atoms with Gasteiger partial charge in [-0.05, 0) is 30.4 Å². The van der Waals surface area contributed by atoms with Crippen LogP contribution in [0.2, 0.25) is 0 Å². The summed E-state index contributed by atoms with van der Waals surface area (Å²) < 4.78 is 10.4. The third-order valence-electron chi connectivity index (χ3n) is 4.28. The highest BCUT2D eigenvalue weighted by Gasteiger charge is 2.25. The van der Waals surface area contributed by atoms with Gasteiger partial charge in [-0.15, -0.1) is 0 Å². The predicted octanol–water partition coefficient (Wildman–Crippen LogP) is 3.65. The van der Waals surface area contributed by atoms with E-state index in [1.807, 2.05) is 31.2 Å². The van der Waals surface area contributed by atoms with E-state index in [4.69, 9.17) is 20.2 Å². The number of carbonyl (C=O) groups is 1. The number of ether oxygens (including phenoxy) is 2. The fraction of sp³-hybridized carbons (Fsp3) is 0.429. The van der Waals surface area contributed by atoms with Crippen LogP contribution in [0.5, 0.6) is 0 Å². The molecule has 5 heteroatoms. The number of methoxy groups -OCH3 is 2. The van der Waals surface area contributed by atoms with Crippen molar-refractivity contribution >= 4 is 5.97 Å². The Kier molecular flexibility index (Phi) is 6.89. The Morgan fingerprint density at radius 1 is 1.15 bits per heavy atom. The molecule has 1 aromatic heterocycles. The molecule has 0 aliphatic heterocycles. The second kappa shape index (κ2) is 8.92. The molecule has 0 spiro atoms. The number of hydrogen-bond acceptors (Lipinski definition) is 5. The molecular weight excluding hydrogens is 328 g/mol. The predicted molar refractivity (Wildman–Crippen MR) is 103 cm³/mol. The normalized spacial score (nSPS) is 11.0. The van der Waals surface area contributed by atoms with Crippen molar-refractivity contribution in [3.05, 3.63) is 52.3 Å². The first-order chi connectivity index (χ1) is 12.4. The van der Waals surface area contributed by atoms with Crippen molar-refractivity contribution in [1.82, 2.24) is 4.98 Å². The molecule has 0 unspecified atom stereocenters. The molecule has 0 saturated carbocycles. The number of pyridine rings is 1. The molecule has 0 saturated heterocycles. The number of aryl methyl sites for hydroxylation is 1. The van der Waals surface area contributed by atoms with E-state index in [2.05, 4.69) is 13.8 Å². The van der Waals surface area contributed by atoms with Crippen LogP contribution in [0.15, 0.2) is 24.3 Å². The highest BCUT2D eigenvalue weighted by Crippen LogP contribution is 2.33. The van der Waals surface area contributed by atoms with Gasteiger partial charge in [0.2, 0.25) is 0 Å². The number of aromatic nitrogens is 1. The van der Waals surface area contributed by atoms with Crippen LogP contribution in [0.4, 0.5) is 0 Å². The van der Waals surface area contributed by atoms with Crippen LogP contribution in [0, 0.1) is 12.8 Å². The molecule has 2 N–H and O–H groups in total. The van der Waals surface area contributed by atoms with Crippen LogP contribution in [0.1, 0.15) is 46.7 Å². The fourth-order valence-corrected chi connectivity index (χ4v) is 3.10. The van der Waals surface area contributed by atoms with Crippen LogP contribution >= 0.6 is 0 Å². The lowest BCUT2D eigenvalue weighted by Gasteiger charge is -2.21. The molecule has 0 bridgehead atoms. The van der Waals surface area contributed by atoms with Crippen LogP contribution in [-0.2, 0) is 29.0 Å². The van der Waals surface area contributed by atoms with Crippen molar-refractivity contribution in [3.8, 4) is 11.1 Å². The number of rotatable bonds is 7. The topological polar surface area (TPSA) is 74.4 Å². The lowest BCUT2D eigenvalue weighted by molar-refractivity contribution is 0.0595. The van der Waals surface area contributed by atoms with Crippen molar-refractivity contribution in [3.63, 3.8) is 0 Å². The quantitative estimate of drug-likeness (QED) is 0.767. The standard InChI is InChI=1S/C21H28N2O3/c1-13(2)10-17-16(11-22)19(15-8-6-14(3)7-9-15)20(21(24)26-5)18(23-17)12-25-4/h6-9,13H,10-12,22H2,1-5H3. The average molecular weight is 356 g/mol. The molecule has 5 nitrogen and oxygen atoms in total. The molecule has 0 aliphatic rings. The molecule has 1 heterocycles. The van der Waals surface area contributed by atoms with Crippen molar-refractivity contribution in [2.75, 3.05) is 14.2 Å². The van der Waals surface area contributed by atoms with E-state index in [9.17, 15) is 4.79 Å². The molecule has 2 rings (SSSR count). The van der Waals surface area contributed by atoms with Crippen LogP contribution < -0.4 is 5.73 Å². The largest absolute Gasteiger partial charge is 0.465 e. The van der Waals surface area contributed by atoms with E-state index < -0.39 is 5.97 Å². The van der Waals surface area contributed by atoms with Gasteiger partial charge in [0, 0.05) is 24.9 Å². The molecule has 26 heavy (non-hydrogen) atoms. The third kappa shape index (κ3) is 4.29. The second-order valence-electron chi connectivity index (χ2n) is 6.83. The van der Waals surface area contributed by atoms with Gasteiger partial charge in [0.1, 0.15) is 0 Å². The minimum absolute atomic E-state index is 0.235. The first kappa shape index (κ1) is 20.1. The minimum atomic E-state index is -0.425. The zero-order chi connectivity index (χ0) is 19.3. The SMILES string of the molecule is COCc1nc(CC(C)C)c(CN)c(-c2ccc(C)cc2)c1C(=O)OC. The third-order valence-corrected chi connectivity index (χ3v) is 4.28. The molecule has 0 amide bonds. The second-order valence-corrected chi connectivity index (χ2v) is 6.83. The van der Waals surface area contributed by atoms with E-state index in [1.165, 1.54) is 7.11 Å². The number of nitrogens with zero attached hydrogens (tertiary/aromatic N) is 1.